The minimum Gasteiger partial charge on any atom is -0.461 e. The Kier molecular flexibility index (Phi) is 14.6. The highest BCUT2D eigenvalue weighted by atomic mass is 16.7. The highest BCUT2D eigenvalue weighted by molar-refractivity contribution is 5.76. The topological polar surface area (TPSA) is 159 Å². The lowest BCUT2D eigenvalue weighted by molar-refractivity contribution is -0.148. The maximum atomic E-state index is 12.3. The second kappa shape index (κ2) is 17.1. The fourth-order valence-corrected chi connectivity index (χ4v) is 2.73. The van der Waals surface area contributed by atoms with Crippen molar-refractivity contribution < 1.29 is 52.3 Å². The first-order chi connectivity index (χ1) is 17.9. The molecule has 12 nitrogen and oxygen atoms in total. The molecule has 38 heavy (non-hydrogen) atoms. The summed E-state index contributed by atoms with van der Waals surface area (Å²) in [6, 6.07) is 3.25. The van der Waals surface area contributed by atoms with Gasteiger partial charge in [0.05, 0.1) is 20.3 Å². The summed E-state index contributed by atoms with van der Waals surface area (Å²) >= 11 is 0. The number of methoxy groups -OCH3 is 1. The third-order valence-electron chi connectivity index (χ3n) is 4.91. The minimum atomic E-state index is -1.08. The van der Waals surface area contributed by atoms with Crippen LogP contribution in [0.2, 0.25) is 0 Å². The molecule has 1 rings (SSSR count). The highest BCUT2D eigenvalue weighted by Gasteiger charge is 2.21. The molecule has 214 valence electrons. The summed E-state index contributed by atoms with van der Waals surface area (Å²) in [5.74, 6) is -0.273. The summed E-state index contributed by atoms with van der Waals surface area (Å²) in [7, 11) is 1.16. The van der Waals surface area contributed by atoms with Crippen LogP contribution in [0.5, 0.6) is 11.5 Å². The number of hydrogen-bond donors (Lipinski definition) is 1. The van der Waals surface area contributed by atoms with E-state index in [-0.39, 0.29) is 37.7 Å². The normalized spacial score (nSPS) is 12.3. The van der Waals surface area contributed by atoms with Crippen LogP contribution in [0.4, 0.5) is 14.4 Å². The van der Waals surface area contributed by atoms with E-state index in [0.717, 1.165) is 7.11 Å². The van der Waals surface area contributed by atoms with Crippen LogP contribution < -0.4 is 15.2 Å². The van der Waals surface area contributed by atoms with Crippen molar-refractivity contribution in [2.75, 3.05) is 26.9 Å². The lowest BCUT2D eigenvalue weighted by Crippen LogP contribution is -2.36. The molecule has 0 aliphatic heterocycles. The molecular weight excluding hydrogens is 502 g/mol. The van der Waals surface area contributed by atoms with Crippen LogP contribution in [-0.2, 0) is 34.9 Å². The highest BCUT2D eigenvalue weighted by Crippen LogP contribution is 2.30. The largest absolute Gasteiger partial charge is 0.513 e. The van der Waals surface area contributed by atoms with Gasteiger partial charge in [-0.1, -0.05) is 33.8 Å². The van der Waals surface area contributed by atoms with Crippen LogP contribution in [0.25, 0.3) is 0 Å². The first-order valence-corrected chi connectivity index (χ1v) is 12.4. The molecule has 0 amide bonds. The molecule has 0 radical (unpaired) electrons. The molecule has 1 aromatic carbocycles. The van der Waals surface area contributed by atoms with Gasteiger partial charge in [-0.15, -0.1) is 0 Å². The number of esters is 1. The number of hydrogen-bond acceptors (Lipinski definition) is 12. The molecule has 0 spiro atoms. The molecule has 0 aliphatic carbocycles. The van der Waals surface area contributed by atoms with E-state index >= 15 is 0 Å². The Morgan fingerprint density at radius 2 is 1.34 bits per heavy atom. The van der Waals surface area contributed by atoms with Crippen molar-refractivity contribution in [1.29, 1.82) is 0 Å². The molecule has 2 atom stereocenters. The average molecular weight is 542 g/mol. The molecule has 2 N–H and O–H groups in total. The first kappa shape index (κ1) is 32.5. The Bertz CT molecular complexity index is 916. The monoisotopic (exact) mass is 541 g/mol. The van der Waals surface area contributed by atoms with Crippen molar-refractivity contribution in [2.45, 2.75) is 66.0 Å². The summed E-state index contributed by atoms with van der Waals surface area (Å²) in [4.78, 5) is 47.7. The Hall–Kier alpha value is -3.54. The SMILES string of the molecule is COC(=O)O[C@@H](C)COC(=O)[C@@H](N)Cc1ccc(OC(=O)OCCC(C)C)c(OC(=O)OCCC(C)C)c1. The zero-order valence-corrected chi connectivity index (χ0v) is 22.9. The second-order valence-corrected chi connectivity index (χ2v) is 9.37. The molecule has 0 unspecified atom stereocenters. The van der Waals surface area contributed by atoms with Gasteiger partial charge in [-0.2, -0.15) is 0 Å². The van der Waals surface area contributed by atoms with Crippen molar-refractivity contribution in [3.63, 3.8) is 0 Å². The molecule has 12 heteroatoms. The van der Waals surface area contributed by atoms with Gasteiger partial charge in [-0.25, -0.2) is 14.4 Å². The van der Waals surface area contributed by atoms with E-state index in [2.05, 4.69) is 4.74 Å². The smallest absolute Gasteiger partial charge is 0.461 e. The number of rotatable bonds is 14. The van der Waals surface area contributed by atoms with Crippen molar-refractivity contribution in [3.05, 3.63) is 23.8 Å². The second-order valence-electron chi connectivity index (χ2n) is 9.37. The van der Waals surface area contributed by atoms with E-state index in [1.165, 1.54) is 19.1 Å². The Balaban J connectivity index is 2.88. The summed E-state index contributed by atoms with van der Waals surface area (Å²) in [6.07, 6.45) is -2.29. The molecular formula is C26H39NO11. The standard InChI is InChI=1S/C26H39NO11/c1-16(2)9-11-33-25(30)37-21-8-7-19(14-22(21)38-26(31)34-12-10-17(3)4)13-20(27)23(28)35-15-18(5)36-24(29)32-6/h7-8,14,16-18,20H,9-13,15,27H2,1-6H3/t18-,20-/m0/s1. The van der Waals surface area contributed by atoms with Crippen LogP contribution in [-0.4, -0.2) is 63.5 Å². The van der Waals surface area contributed by atoms with Gasteiger partial charge in [-0.3, -0.25) is 4.79 Å². The van der Waals surface area contributed by atoms with Gasteiger partial charge in [0.2, 0.25) is 0 Å². The van der Waals surface area contributed by atoms with Gasteiger partial charge >= 0.3 is 24.4 Å². The summed E-state index contributed by atoms with van der Waals surface area (Å²) < 4.78 is 34.9. The van der Waals surface area contributed by atoms with Crippen LogP contribution >= 0.6 is 0 Å². The Labute approximate surface area is 223 Å². The predicted molar refractivity (Wildman–Crippen MR) is 135 cm³/mol. The van der Waals surface area contributed by atoms with Crippen LogP contribution in [0.1, 0.15) is 53.0 Å². The van der Waals surface area contributed by atoms with Crippen molar-refractivity contribution in [2.24, 2.45) is 17.6 Å². The average Bonchev–Trinajstić information content (AvgIpc) is 2.83. The fourth-order valence-electron chi connectivity index (χ4n) is 2.73. The molecule has 1 aromatic rings. The van der Waals surface area contributed by atoms with Crippen molar-refractivity contribution in [1.82, 2.24) is 0 Å². The Morgan fingerprint density at radius 1 is 0.789 bits per heavy atom. The molecule has 0 fully saturated rings. The fraction of sp³-hybridized carbons (Fsp3) is 0.615. The lowest BCUT2D eigenvalue weighted by Gasteiger charge is -2.16. The number of benzene rings is 1. The summed E-state index contributed by atoms with van der Waals surface area (Å²) in [5, 5.41) is 0. The predicted octanol–water partition coefficient (Wildman–Crippen LogP) is 4.39. The lowest BCUT2D eigenvalue weighted by atomic mass is 10.1. The third kappa shape index (κ3) is 13.7. The van der Waals surface area contributed by atoms with E-state index in [9.17, 15) is 19.2 Å². The number of carbonyl (C=O) groups excluding carboxylic acids is 4. The summed E-state index contributed by atoms with van der Waals surface area (Å²) in [6.45, 7) is 9.56. The summed E-state index contributed by atoms with van der Waals surface area (Å²) in [5.41, 5.74) is 6.45. The van der Waals surface area contributed by atoms with E-state index in [4.69, 9.17) is 34.2 Å². The zero-order valence-electron chi connectivity index (χ0n) is 22.9. The molecule has 0 saturated carbocycles. The number of carbonyl (C=O) groups is 4. The van der Waals surface area contributed by atoms with Gasteiger partial charge < -0.3 is 38.9 Å². The van der Waals surface area contributed by atoms with Crippen molar-refractivity contribution in [3.8, 4) is 11.5 Å². The molecule has 0 aromatic heterocycles. The molecule has 0 bridgehead atoms. The van der Waals surface area contributed by atoms with E-state index in [1.54, 1.807) is 6.07 Å². The number of nitrogens with two attached hydrogens (primary N) is 1. The van der Waals surface area contributed by atoms with Crippen LogP contribution in [0.15, 0.2) is 18.2 Å². The first-order valence-electron chi connectivity index (χ1n) is 12.4. The van der Waals surface area contributed by atoms with Gasteiger partial charge in [0.25, 0.3) is 0 Å². The van der Waals surface area contributed by atoms with Crippen molar-refractivity contribution >= 4 is 24.4 Å². The zero-order chi connectivity index (χ0) is 28.7. The van der Waals surface area contributed by atoms with Gasteiger partial charge in [0, 0.05) is 0 Å². The molecule has 0 heterocycles. The maximum absolute atomic E-state index is 12.3. The van der Waals surface area contributed by atoms with E-state index in [0.29, 0.717) is 30.2 Å². The Morgan fingerprint density at radius 3 is 1.87 bits per heavy atom. The van der Waals surface area contributed by atoms with E-state index in [1.807, 2.05) is 27.7 Å². The quantitative estimate of drug-likeness (QED) is 0.201. The van der Waals surface area contributed by atoms with E-state index < -0.39 is 36.6 Å². The van der Waals surface area contributed by atoms with Gasteiger partial charge in [0.15, 0.2) is 11.5 Å². The van der Waals surface area contributed by atoms with Crippen LogP contribution in [0, 0.1) is 11.8 Å². The van der Waals surface area contributed by atoms with Gasteiger partial charge in [-0.05, 0) is 55.7 Å². The maximum Gasteiger partial charge on any atom is 0.513 e. The molecule has 0 aliphatic rings. The minimum absolute atomic E-state index is 0.00292. The third-order valence-corrected chi connectivity index (χ3v) is 4.91. The molecule has 0 saturated heterocycles. The van der Waals surface area contributed by atoms with Gasteiger partial charge in [0.1, 0.15) is 18.8 Å². The van der Waals surface area contributed by atoms with Crippen LogP contribution in [0.3, 0.4) is 0 Å². The number of ether oxygens (including phenoxy) is 7.